The Bertz CT molecular complexity index is 1160. The van der Waals surface area contributed by atoms with E-state index in [9.17, 15) is 14.4 Å². The molecule has 2 rings (SSSR count). The largest absolute Gasteiger partial charge is 0.444 e. The molecule has 3 amide bonds. The molecule has 39 heavy (non-hydrogen) atoms. The van der Waals surface area contributed by atoms with Crippen LogP contribution in [-0.2, 0) is 14.3 Å². The Balaban J connectivity index is 2.62. The van der Waals surface area contributed by atoms with Crippen molar-refractivity contribution in [3.63, 3.8) is 0 Å². The van der Waals surface area contributed by atoms with Crippen molar-refractivity contribution in [2.45, 2.75) is 106 Å². The van der Waals surface area contributed by atoms with Crippen LogP contribution in [0.5, 0.6) is 0 Å². The SMILES string of the molecule is Cc1ccc(C)c(C(C(=O)Nc2c(C)cccc2C)N(C(=O)C(CC(C)C)NC(=O)OC(C)(C)C)C(C)C)c1. The summed E-state index contributed by atoms with van der Waals surface area (Å²) in [5, 5.41) is 5.92. The summed E-state index contributed by atoms with van der Waals surface area (Å²) < 4.78 is 5.47. The van der Waals surface area contributed by atoms with Gasteiger partial charge in [0.1, 0.15) is 17.7 Å². The van der Waals surface area contributed by atoms with Crippen molar-refractivity contribution in [2.75, 3.05) is 5.32 Å². The summed E-state index contributed by atoms with van der Waals surface area (Å²) in [7, 11) is 0. The van der Waals surface area contributed by atoms with Gasteiger partial charge in [-0.05, 0) is 96.9 Å². The van der Waals surface area contributed by atoms with Gasteiger partial charge in [0.25, 0.3) is 5.91 Å². The molecule has 0 fully saturated rings. The third-order valence-corrected chi connectivity index (χ3v) is 6.49. The zero-order valence-corrected chi connectivity index (χ0v) is 25.6. The van der Waals surface area contributed by atoms with E-state index in [2.05, 4.69) is 10.6 Å². The minimum Gasteiger partial charge on any atom is -0.444 e. The fourth-order valence-corrected chi connectivity index (χ4v) is 4.68. The zero-order chi connectivity index (χ0) is 29.7. The second kappa shape index (κ2) is 13.1. The van der Waals surface area contributed by atoms with Crippen LogP contribution in [0.2, 0.25) is 0 Å². The topological polar surface area (TPSA) is 87.7 Å². The number of carbonyl (C=O) groups excluding carboxylic acids is 3. The van der Waals surface area contributed by atoms with Gasteiger partial charge in [-0.2, -0.15) is 0 Å². The number of ether oxygens (including phenoxy) is 1. The van der Waals surface area contributed by atoms with Gasteiger partial charge in [0, 0.05) is 11.7 Å². The molecule has 2 atom stereocenters. The maximum atomic E-state index is 14.3. The smallest absolute Gasteiger partial charge is 0.408 e. The molecule has 2 N–H and O–H groups in total. The molecule has 2 aromatic rings. The summed E-state index contributed by atoms with van der Waals surface area (Å²) in [5.74, 6) is -0.513. The number of rotatable bonds is 9. The molecule has 0 saturated carbocycles. The van der Waals surface area contributed by atoms with E-state index >= 15 is 0 Å². The van der Waals surface area contributed by atoms with Gasteiger partial charge in [0.05, 0.1) is 0 Å². The van der Waals surface area contributed by atoms with E-state index < -0.39 is 23.8 Å². The van der Waals surface area contributed by atoms with E-state index in [1.807, 2.05) is 91.8 Å². The van der Waals surface area contributed by atoms with Crippen molar-refractivity contribution in [1.29, 1.82) is 0 Å². The summed E-state index contributed by atoms with van der Waals surface area (Å²) in [6.45, 7) is 20.9. The standard InChI is InChI=1S/C32H47N3O4/c1-19(2)17-26(33-31(38)39-32(9,10)11)30(37)35(20(3)4)28(25-18-21(5)15-16-22(25)6)29(36)34-27-23(7)13-12-14-24(27)8/h12-16,18-20,26,28H,17H2,1-11H3,(H,33,38)(H,34,36). The fourth-order valence-electron chi connectivity index (χ4n) is 4.68. The summed E-state index contributed by atoms with van der Waals surface area (Å²) in [5.41, 5.74) is 4.55. The van der Waals surface area contributed by atoms with Gasteiger partial charge in [-0.1, -0.05) is 55.8 Å². The van der Waals surface area contributed by atoms with E-state index in [-0.39, 0.29) is 23.8 Å². The number of para-hydroxylation sites is 1. The van der Waals surface area contributed by atoms with Gasteiger partial charge >= 0.3 is 6.09 Å². The summed E-state index contributed by atoms with van der Waals surface area (Å²) >= 11 is 0. The molecular formula is C32H47N3O4. The van der Waals surface area contributed by atoms with Crippen molar-refractivity contribution < 1.29 is 19.1 Å². The highest BCUT2D eigenvalue weighted by Crippen LogP contribution is 2.31. The van der Waals surface area contributed by atoms with Crippen LogP contribution in [0.25, 0.3) is 0 Å². The number of hydrogen-bond acceptors (Lipinski definition) is 4. The van der Waals surface area contributed by atoms with E-state index in [0.717, 1.165) is 33.5 Å². The first kappa shape index (κ1) is 31.9. The Kier molecular flexibility index (Phi) is 10.7. The van der Waals surface area contributed by atoms with Crippen LogP contribution in [0.15, 0.2) is 36.4 Å². The molecular weight excluding hydrogens is 490 g/mol. The molecule has 0 aromatic heterocycles. The monoisotopic (exact) mass is 537 g/mol. The Morgan fingerprint density at radius 2 is 1.49 bits per heavy atom. The lowest BCUT2D eigenvalue weighted by molar-refractivity contribution is -0.143. The third kappa shape index (κ3) is 8.84. The molecule has 0 saturated heterocycles. The van der Waals surface area contributed by atoms with Gasteiger partial charge in [0.15, 0.2) is 0 Å². The van der Waals surface area contributed by atoms with Crippen LogP contribution in [0.1, 0.15) is 88.7 Å². The molecule has 0 aliphatic heterocycles. The second-order valence-electron chi connectivity index (χ2n) is 12.2. The highest BCUT2D eigenvalue weighted by atomic mass is 16.6. The van der Waals surface area contributed by atoms with Crippen LogP contribution < -0.4 is 10.6 Å². The zero-order valence-electron chi connectivity index (χ0n) is 25.6. The van der Waals surface area contributed by atoms with Crippen molar-refractivity contribution in [3.8, 4) is 0 Å². The number of carbonyl (C=O) groups is 3. The fraction of sp³-hybridized carbons (Fsp3) is 0.531. The quantitative estimate of drug-likeness (QED) is 0.369. The Labute approximate surface area is 234 Å². The molecule has 7 nitrogen and oxygen atoms in total. The van der Waals surface area contributed by atoms with Crippen LogP contribution in [0.4, 0.5) is 10.5 Å². The van der Waals surface area contributed by atoms with Crippen LogP contribution in [-0.4, -0.2) is 40.5 Å². The highest BCUT2D eigenvalue weighted by molar-refractivity contribution is 6.00. The predicted octanol–water partition coefficient (Wildman–Crippen LogP) is 6.78. The molecule has 0 bridgehead atoms. The summed E-state index contributed by atoms with van der Waals surface area (Å²) in [4.78, 5) is 42.8. The van der Waals surface area contributed by atoms with Crippen LogP contribution >= 0.6 is 0 Å². The molecule has 2 aromatic carbocycles. The average Bonchev–Trinajstić information content (AvgIpc) is 2.79. The minimum absolute atomic E-state index is 0.116. The molecule has 0 heterocycles. The molecule has 2 unspecified atom stereocenters. The normalized spacial score (nSPS) is 13.2. The maximum Gasteiger partial charge on any atom is 0.408 e. The van der Waals surface area contributed by atoms with Gasteiger partial charge < -0.3 is 20.3 Å². The first-order chi connectivity index (χ1) is 18.0. The molecule has 7 heteroatoms. The van der Waals surface area contributed by atoms with Gasteiger partial charge in [0.2, 0.25) is 5.91 Å². The number of nitrogens with one attached hydrogen (secondary N) is 2. The number of aryl methyl sites for hydroxylation is 4. The van der Waals surface area contributed by atoms with E-state index in [1.165, 1.54) is 0 Å². The minimum atomic E-state index is -0.911. The molecule has 0 aliphatic carbocycles. The summed E-state index contributed by atoms with van der Waals surface area (Å²) in [6, 6.07) is 9.67. The maximum absolute atomic E-state index is 14.3. The molecule has 0 aliphatic rings. The Morgan fingerprint density at radius 3 is 2.00 bits per heavy atom. The number of alkyl carbamates (subject to hydrolysis) is 1. The van der Waals surface area contributed by atoms with Crippen molar-refractivity contribution in [3.05, 3.63) is 64.2 Å². The number of anilines is 1. The molecule has 0 spiro atoms. The molecule has 0 radical (unpaired) electrons. The molecule has 214 valence electrons. The first-order valence-electron chi connectivity index (χ1n) is 13.8. The highest BCUT2D eigenvalue weighted by Gasteiger charge is 2.39. The average molecular weight is 538 g/mol. The Hall–Kier alpha value is -3.35. The van der Waals surface area contributed by atoms with Crippen molar-refractivity contribution >= 4 is 23.6 Å². The van der Waals surface area contributed by atoms with Crippen LogP contribution in [0, 0.1) is 33.6 Å². The van der Waals surface area contributed by atoms with Crippen LogP contribution in [0.3, 0.4) is 0 Å². The lowest BCUT2D eigenvalue weighted by Crippen LogP contribution is -2.54. The predicted molar refractivity (Wildman–Crippen MR) is 158 cm³/mol. The first-order valence-corrected chi connectivity index (χ1v) is 13.8. The lowest BCUT2D eigenvalue weighted by Gasteiger charge is -2.38. The third-order valence-electron chi connectivity index (χ3n) is 6.49. The van der Waals surface area contributed by atoms with Gasteiger partial charge in [-0.25, -0.2) is 4.79 Å². The van der Waals surface area contributed by atoms with Gasteiger partial charge in [-0.3, -0.25) is 9.59 Å². The summed E-state index contributed by atoms with van der Waals surface area (Å²) in [6.07, 6.45) is -0.257. The van der Waals surface area contributed by atoms with Crippen molar-refractivity contribution in [2.24, 2.45) is 5.92 Å². The van der Waals surface area contributed by atoms with E-state index in [1.54, 1.807) is 25.7 Å². The Morgan fingerprint density at radius 1 is 0.897 bits per heavy atom. The number of hydrogen-bond donors (Lipinski definition) is 2. The van der Waals surface area contributed by atoms with E-state index in [4.69, 9.17) is 4.74 Å². The van der Waals surface area contributed by atoms with Crippen molar-refractivity contribution in [1.82, 2.24) is 10.2 Å². The van der Waals surface area contributed by atoms with E-state index in [0.29, 0.717) is 6.42 Å². The number of nitrogens with zero attached hydrogens (tertiary/aromatic N) is 1. The lowest BCUT2D eigenvalue weighted by atomic mass is 9.94. The van der Waals surface area contributed by atoms with Gasteiger partial charge in [-0.15, -0.1) is 0 Å². The second-order valence-corrected chi connectivity index (χ2v) is 12.2. The number of benzene rings is 2. The number of amides is 3.